The van der Waals surface area contributed by atoms with Gasteiger partial charge in [-0.25, -0.2) is 0 Å². The van der Waals surface area contributed by atoms with Crippen molar-refractivity contribution in [1.29, 1.82) is 0 Å². The number of rotatable bonds is 7. The molecule has 0 aliphatic rings. The van der Waals surface area contributed by atoms with Gasteiger partial charge in [0, 0.05) is 12.2 Å². The third kappa shape index (κ3) is 3.34. The fraction of sp³-hybridized carbons (Fsp3) is 0.769. The zero-order chi connectivity index (χ0) is 12.0. The number of nitrogens with one attached hydrogen (secondary N) is 1. The van der Waals surface area contributed by atoms with E-state index in [9.17, 15) is 0 Å². The lowest BCUT2D eigenvalue weighted by atomic mass is 10.1. The van der Waals surface area contributed by atoms with Crippen molar-refractivity contribution in [3.63, 3.8) is 0 Å². The first-order chi connectivity index (χ1) is 7.70. The standard InChI is InChI=1S/C13H25N3/c1-5-13-11(3)15-16(12(13)4)10-8-7-9-14-6-2/h14H,5-10H2,1-4H3. The van der Waals surface area contributed by atoms with Gasteiger partial charge in [-0.2, -0.15) is 5.10 Å². The van der Waals surface area contributed by atoms with Gasteiger partial charge in [0.15, 0.2) is 0 Å². The zero-order valence-electron chi connectivity index (χ0n) is 11.1. The van der Waals surface area contributed by atoms with E-state index < -0.39 is 0 Å². The Bertz CT molecular complexity index is 315. The van der Waals surface area contributed by atoms with Crippen molar-refractivity contribution in [3.8, 4) is 0 Å². The van der Waals surface area contributed by atoms with Crippen molar-refractivity contribution in [2.24, 2.45) is 0 Å². The first-order valence-electron chi connectivity index (χ1n) is 6.44. The molecule has 16 heavy (non-hydrogen) atoms. The van der Waals surface area contributed by atoms with Gasteiger partial charge in [0.2, 0.25) is 0 Å². The normalized spacial score (nSPS) is 11.0. The molecule has 0 unspecified atom stereocenters. The summed E-state index contributed by atoms with van der Waals surface area (Å²) in [5.41, 5.74) is 3.97. The lowest BCUT2D eigenvalue weighted by molar-refractivity contribution is 0.528. The minimum Gasteiger partial charge on any atom is -0.317 e. The molecule has 1 N–H and O–H groups in total. The van der Waals surface area contributed by atoms with Crippen LogP contribution in [0.25, 0.3) is 0 Å². The molecule has 0 bridgehead atoms. The van der Waals surface area contributed by atoms with Crippen molar-refractivity contribution in [2.75, 3.05) is 13.1 Å². The minimum absolute atomic E-state index is 1.05. The maximum Gasteiger partial charge on any atom is 0.0628 e. The van der Waals surface area contributed by atoms with Crippen LogP contribution in [0.4, 0.5) is 0 Å². The summed E-state index contributed by atoms with van der Waals surface area (Å²) >= 11 is 0. The number of aryl methyl sites for hydroxylation is 2. The highest BCUT2D eigenvalue weighted by atomic mass is 15.3. The van der Waals surface area contributed by atoms with Crippen LogP contribution in [-0.2, 0) is 13.0 Å². The third-order valence-electron chi connectivity index (χ3n) is 3.11. The Kier molecular flexibility index (Phi) is 5.53. The topological polar surface area (TPSA) is 29.9 Å². The number of nitrogens with zero attached hydrogens (tertiary/aromatic N) is 2. The molecule has 0 saturated heterocycles. The molecule has 0 aliphatic carbocycles. The van der Waals surface area contributed by atoms with Crippen LogP contribution in [0.15, 0.2) is 0 Å². The number of hydrogen-bond donors (Lipinski definition) is 1. The van der Waals surface area contributed by atoms with Crippen molar-refractivity contribution < 1.29 is 0 Å². The molecule has 92 valence electrons. The van der Waals surface area contributed by atoms with E-state index in [0.717, 1.165) is 26.1 Å². The molecular formula is C13H25N3. The fourth-order valence-corrected chi connectivity index (χ4v) is 2.15. The van der Waals surface area contributed by atoms with Crippen LogP contribution in [0.3, 0.4) is 0 Å². The predicted octanol–water partition coefficient (Wildman–Crippen LogP) is 2.45. The predicted molar refractivity (Wildman–Crippen MR) is 68.9 cm³/mol. The van der Waals surface area contributed by atoms with E-state index in [0.29, 0.717) is 0 Å². The molecule has 0 atom stereocenters. The van der Waals surface area contributed by atoms with Gasteiger partial charge in [-0.1, -0.05) is 13.8 Å². The van der Waals surface area contributed by atoms with Crippen molar-refractivity contribution in [1.82, 2.24) is 15.1 Å². The second-order valence-corrected chi connectivity index (χ2v) is 4.29. The average Bonchev–Trinajstić information content (AvgIpc) is 2.53. The van der Waals surface area contributed by atoms with E-state index in [2.05, 4.69) is 42.8 Å². The summed E-state index contributed by atoms with van der Waals surface area (Å²) < 4.78 is 2.17. The molecule has 0 fully saturated rings. The molecule has 0 spiro atoms. The molecular weight excluding hydrogens is 198 g/mol. The van der Waals surface area contributed by atoms with Crippen LogP contribution in [0.5, 0.6) is 0 Å². The molecule has 0 radical (unpaired) electrons. The molecule has 1 heterocycles. The summed E-state index contributed by atoms with van der Waals surface area (Å²) in [6.07, 6.45) is 3.53. The first kappa shape index (κ1) is 13.2. The Hall–Kier alpha value is -0.830. The summed E-state index contributed by atoms with van der Waals surface area (Å²) in [5, 5.41) is 7.94. The van der Waals surface area contributed by atoms with Gasteiger partial charge in [-0.15, -0.1) is 0 Å². The van der Waals surface area contributed by atoms with E-state index in [1.54, 1.807) is 0 Å². The Labute approximate surface area is 99.2 Å². The zero-order valence-corrected chi connectivity index (χ0v) is 11.1. The van der Waals surface area contributed by atoms with E-state index in [4.69, 9.17) is 0 Å². The number of aromatic nitrogens is 2. The summed E-state index contributed by atoms with van der Waals surface area (Å²) in [4.78, 5) is 0. The molecule has 1 aromatic heterocycles. The second-order valence-electron chi connectivity index (χ2n) is 4.29. The molecule has 3 nitrogen and oxygen atoms in total. The largest absolute Gasteiger partial charge is 0.317 e. The van der Waals surface area contributed by atoms with Crippen LogP contribution >= 0.6 is 0 Å². The van der Waals surface area contributed by atoms with Crippen molar-refractivity contribution >= 4 is 0 Å². The van der Waals surface area contributed by atoms with E-state index >= 15 is 0 Å². The van der Waals surface area contributed by atoms with Crippen molar-refractivity contribution in [2.45, 2.75) is 53.5 Å². The number of hydrogen-bond acceptors (Lipinski definition) is 2. The van der Waals surface area contributed by atoms with Gasteiger partial charge in [-0.3, -0.25) is 4.68 Å². The monoisotopic (exact) mass is 223 g/mol. The third-order valence-corrected chi connectivity index (χ3v) is 3.11. The van der Waals surface area contributed by atoms with Crippen molar-refractivity contribution in [3.05, 3.63) is 17.0 Å². The SMILES string of the molecule is CCNCCCCn1nc(C)c(CC)c1C. The Balaban J connectivity index is 2.42. The van der Waals surface area contributed by atoms with Crippen LogP contribution < -0.4 is 5.32 Å². The highest BCUT2D eigenvalue weighted by molar-refractivity contribution is 5.24. The highest BCUT2D eigenvalue weighted by Crippen LogP contribution is 2.13. The maximum atomic E-state index is 4.60. The van der Waals surface area contributed by atoms with Crippen LogP contribution in [0, 0.1) is 13.8 Å². The van der Waals surface area contributed by atoms with E-state index in [1.807, 2.05) is 0 Å². The quantitative estimate of drug-likeness (QED) is 0.720. The average molecular weight is 223 g/mol. The second kappa shape index (κ2) is 6.69. The summed E-state index contributed by atoms with van der Waals surface area (Å²) in [5.74, 6) is 0. The molecule has 0 aromatic carbocycles. The number of unbranched alkanes of at least 4 members (excludes halogenated alkanes) is 1. The van der Waals surface area contributed by atoms with Crippen LogP contribution in [0.1, 0.15) is 43.6 Å². The summed E-state index contributed by atoms with van der Waals surface area (Å²) in [7, 11) is 0. The first-order valence-corrected chi connectivity index (χ1v) is 6.44. The molecule has 1 rings (SSSR count). The molecule has 1 aromatic rings. The molecule has 0 amide bonds. The maximum absolute atomic E-state index is 4.60. The van der Waals surface area contributed by atoms with Gasteiger partial charge in [0.1, 0.15) is 0 Å². The molecule has 0 aliphatic heterocycles. The van der Waals surface area contributed by atoms with Gasteiger partial charge in [0.05, 0.1) is 5.69 Å². The van der Waals surface area contributed by atoms with E-state index in [-0.39, 0.29) is 0 Å². The molecule has 0 saturated carbocycles. The highest BCUT2D eigenvalue weighted by Gasteiger charge is 2.08. The summed E-state index contributed by atoms with van der Waals surface area (Å²) in [6, 6.07) is 0. The van der Waals surface area contributed by atoms with Gasteiger partial charge in [0.25, 0.3) is 0 Å². The minimum atomic E-state index is 1.05. The van der Waals surface area contributed by atoms with Gasteiger partial charge in [-0.05, 0) is 51.8 Å². The summed E-state index contributed by atoms with van der Waals surface area (Å²) in [6.45, 7) is 11.9. The smallest absolute Gasteiger partial charge is 0.0628 e. The molecule has 3 heteroatoms. The van der Waals surface area contributed by atoms with Crippen LogP contribution in [0.2, 0.25) is 0 Å². The van der Waals surface area contributed by atoms with E-state index in [1.165, 1.54) is 29.8 Å². The van der Waals surface area contributed by atoms with Gasteiger partial charge >= 0.3 is 0 Å². The van der Waals surface area contributed by atoms with Crippen LogP contribution in [-0.4, -0.2) is 22.9 Å². The lowest BCUT2D eigenvalue weighted by Gasteiger charge is -2.05. The lowest BCUT2D eigenvalue weighted by Crippen LogP contribution is -2.14. The Morgan fingerprint density at radius 3 is 2.50 bits per heavy atom. The Morgan fingerprint density at radius 2 is 1.94 bits per heavy atom. The Morgan fingerprint density at radius 1 is 1.19 bits per heavy atom. The van der Waals surface area contributed by atoms with Gasteiger partial charge < -0.3 is 5.32 Å². The fourth-order valence-electron chi connectivity index (χ4n) is 2.15.